The molecular weight excluding hydrogens is 262 g/mol. The molecule has 1 aromatic heterocycles. The Balaban J connectivity index is 2.59. The predicted octanol–water partition coefficient (Wildman–Crippen LogP) is 1.05. The van der Waals surface area contributed by atoms with Gasteiger partial charge in [-0.05, 0) is 12.8 Å². The molecule has 20 heavy (non-hydrogen) atoms. The maximum absolute atomic E-state index is 11.9. The van der Waals surface area contributed by atoms with E-state index in [9.17, 15) is 9.59 Å². The summed E-state index contributed by atoms with van der Waals surface area (Å²) in [4.78, 5) is 25.2. The first-order chi connectivity index (χ1) is 9.42. The number of hydrogen-bond acceptors (Lipinski definition) is 5. The van der Waals surface area contributed by atoms with E-state index >= 15 is 0 Å². The Morgan fingerprint density at radius 2 is 2.20 bits per heavy atom. The number of hydrogen-bond donors (Lipinski definition) is 1. The van der Waals surface area contributed by atoms with Crippen LogP contribution in [0.5, 0.6) is 0 Å². The van der Waals surface area contributed by atoms with E-state index in [1.807, 2.05) is 13.8 Å². The fraction of sp³-hybridized carbons (Fsp3) is 0.615. The van der Waals surface area contributed by atoms with Crippen LogP contribution >= 0.6 is 0 Å². The van der Waals surface area contributed by atoms with Gasteiger partial charge in [0.1, 0.15) is 12.4 Å². The fourth-order valence-electron chi connectivity index (χ4n) is 1.69. The summed E-state index contributed by atoms with van der Waals surface area (Å²) in [7, 11) is 1.45. The number of amides is 2. The molecule has 0 aliphatic carbocycles. The van der Waals surface area contributed by atoms with E-state index in [4.69, 9.17) is 9.26 Å². The molecule has 1 aromatic rings. The summed E-state index contributed by atoms with van der Waals surface area (Å²) in [5.74, 6) is 0.681. The Hall–Kier alpha value is -1.89. The normalized spacial score (nSPS) is 10.7. The van der Waals surface area contributed by atoms with Gasteiger partial charge in [-0.15, -0.1) is 0 Å². The zero-order chi connectivity index (χ0) is 15.1. The van der Waals surface area contributed by atoms with Crippen LogP contribution in [0.15, 0.2) is 10.6 Å². The van der Waals surface area contributed by atoms with Gasteiger partial charge in [-0.2, -0.15) is 0 Å². The van der Waals surface area contributed by atoms with Gasteiger partial charge in [-0.25, -0.2) is 0 Å². The van der Waals surface area contributed by atoms with Crippen LogP contribution in [0.1, 0.15) is 19.6 Å². The quantitative estimate of drug-likeness (QED) is 0.808. The van der Waals surface area contributed by atoms with Gasteiger partial charge in [0, 0.05) is 19.7 Å². The summed E-state index contributed by atoms with van der Waals surface area (Å²) in [6.45, 7) is 6.11. The molecule has 0 bridgehead atoms. The molecule has 112 valence electrons. The molecule has 0 aliphatic rings. The number of aryl methyl sites for hydroxylation is 1. The number of ether oxygens (including phenoxy) is 1. The van der Waals surface area contributed by atoms with Crippen molar-refractivity contribution in [3.8, 4) is 0 Å². The van der Waals surface area contributed by atoms with E-state index in [1.165, 1.54) is 12.0 Å². The van der Waals surface area contributed by atoms with Crippen molar-refractivity contribution < 1.29 is 18.8 Å². The van der Waals surface area contributed by atoms with Gasteiger partial charge >= 0.3 is 0 Å². The molecule has 0 saturated carbocycles. The first kappa shape index (κ1) is 16.2. The summed E-state index contributed by atoms with van der Waals surface area (Å²) in [5.41, 5.74) is 0. The zero-order valence-electron chi connectivity index (χ0n) is 12.3. The molecule has 1 rings (SSSR count). The van der Waals surface area contributed by atoms with Crippen molar-refractivity contribution in [3.63, 3.8) is 0 Å². The Bertz CT molecular complexity index is 456. The van der Waals surface area contributed by atoms with Gasteiger partial charge in [0.05, 0.1) is 6.54 Å². The van der Waals surface area contributed by atoms with Gasteiger partial charge < -0.3 is 19.5 Å². The molecule has 7 nitrogen and oxygen atoms in total. The number of nitrogens with zero attached hydrogens (tertiary/aromatic N) is 2. The fourth-order valence-corrected chi connectivity index (χ4v) is 1.69. The number of aromatic nitrogens is 1. The topological polar surface area (TPSA) is 84.7 Å². The SMILES string of the molecule is COCC(=O)N(CC(=O)Nc1cc(C)on1)CC(C)C. The van der Waals surface area contributed by atoms with Crippen LogP contribution in [0.25, 0.3) is 0 Å². The third-order valence-electron chi connectivity index (χ3n) is 2.44. The summed E-state index contributed by atoms with van der Waals surface area (Å²) in [5, 5.41) is 6.26. The molecule has 0 fully saturated rings. The second-order valence-corrected chi connectivity index (χ2v) is 4.97. The van der Waals surface area contributed by atoms with Gasteiger partial charge in [0.15, 0.2) is 5.82 Å². The summed E-state index contributed by atoms with van der Waals surface area (Å²) >= 11 is 0. The van der Waals surface area contributed by atoms with E-state index in [-0.39, 0.29) is 30.9 Å². The minimum absolute atomic E-state index is 0.0354. The highest BCUT2D eigenvalue weighted by Crippen LogP contribution is 2.07. The van der Waals surface area contributed by atoms with Crippen molar-refractivity contribution in [1.82, 2.24) is 10.1 Å². The van der Waals surface area contributed by atoms with Crippen LogP contribution in [0, 0.1) is 12.8 Å². The van der Waals surface area contributed by atoms with Crippen molar-refractivity contribution in [3.05, 3.63) is 11.8 Å². The van der Waals surface area contributed by atoms with Crippen LogP contribution in [-0.2, 0) is 14.3 Å². The molecule has 7 heteroatoms. The maximum Gasteiger partial charge on any atom is 0.249 e. The lowest BCUT2D eigenvalue weighted by atomic mass is 10.2. The third-order valence-corrected chi connectivity index (χ3v) is 2.44. The Morgan fingerprint density at radius 3 is 2.70 bits per heavy atom. The Morgan fingerprint density at radius 1 is 1.50 bits per heavy atom. The van der Waals surface area contributed by atoms with E-state index < -0.39 is 0 Å². The zero-order valence-corrected chi connectivity index (χ0v) is 12.3. The third kappa shape index (κ3) is 5.40. The number of nitrogens with one attached hydrogen (secondary N) is 1. The standard InChI is InChI=1S/C13H21N3O4/c1-9(2)6-16(13(18)8-19-4)7-12(17)14-11-5-10(3)20-15-11/h5,9H,6-8H2,1-4H3,(H,14,15,17). The van der Waals surface area contributed by atoms with Crippen LogP contribution in [0.3, 0.4) is 0 Å². The van der Waals surface area contributed by atoms with Crippen LogP contribution in [0.2, 0.25) is 0 Å². The monoisotopic (exact) mass is 283 g/mol. The molecule has 0 saturated heterocycles. The smallest absolute Gasteiger partial charge is 0.249 e. The van der Waals surface area contributed by atoms with Crippen LogP contribution in [-0.4, -0.2) is 48.7 Å². The molecule has 1 N–H and O–H groups in total. The lowest BCUT2D eigenvalue weighted by Gasteiger charge is -2.23. The molecule has 0 aliphatic heterocycles. The largest absolute Gasteiger partial charge is 0.375 e. The van der Waals surface area contributed by atoms with Crippen LogP contribution in [0.4, 0.5) is 5.82 Å². The minimum atomic E-state index is -0.316. The number of carbonyl (C=O) groups is 2. The van der Waals surface area contributed by atoms with Gasteiger partial charge in [0.2, 0.25) is 11.8 Å². The van der Waals surface area contributed by atoms with Gasteiger partial charge in [-0.3, -0.25) is 9.59 Å². The first-order valence-corrected chi connectivity index (χ1v) is 6.42. The van der Waals surface area contributed by atoms with Crippen molar-refractivity contribution >= 4 is 17.6 Å². The highest BCUT2D eigenvalue weighted by molar-refractivity contribution is 5.93. The average Bonchev–Trinajstić information content (AvgIpc) is 2.73. The molecule has 0 unspecified atom stereocenters. The van der Waals surface area contributed by atoms with E-state index in [2.05, 4.69) is 10.5 Å². The molecular formula is C13H21N3O4. The van der Waals surface area contributed by atoms with Crippen molar-refractivity contribution in [1.29, 1.82) is 0 Å². The van der Waals surface area contributed by atoms with E-state index in [0.717, 1.165) is 0 Å². The average molecular weight is 283 g/mol. The predicted molar refractivity (Wildman–Crippen MR) is 73.2 cm³/mol. The highest BCUT2D eigenvalue weighted by atomic mass is 16.5. The number of anilines is 1. The number of methoxy groups -OCH3 is 1. The Labute approximate surface area is 118 Å². The molecule has 0 aromatic carbocycles. The minimum Gasteiger partial charge on any atom is -0.375 e. The van der Waals surface area contributed by atoms with Crippen molar-refractivity contribution in [2.24, 2.45) is 5.92 Å². The van der Waals surface area contributed by atoms with Gasteiger partial charge in [0.25, 0.3) is 0 Å². The second-order valence-electron chi connectivity index (χ2n) is 4.97. The van der Waals surface area contributed by atoms with E-state index in [0.29, 0.717) is 18.1 Å². The van der Waals surface area contributed by atoms with E-state index in [1.54, 1.807) is 13.0 Å². The molecule has 2 amide bonds. The number of carbonyl (C=O) groups excluding carboxylic acids is 2. The van der Waals surface area contributed by atoms with Crippen molar-refractivity contribution in [2.45, 2.75) is 20.8 Å². The Kier molecular flexibility index (Phi) is 6.17. The molecule has 0 spiro atoms. The maximum atomic E-state index is 11.9. The number of rotatable bonds is 7. The van der Waals surface area contributed by atoms with Crippen molar-refractivity contribution in [2.75, 3.05) is 32.1 Å². The summed E-state index contributed by atoms with van der Waals surface area (Å²) in [6, 6.07) is 1.61. The molecule has 1 heterocycles. The van der Waals surface area contributed by atoms with Crippen LogP contribution < -0.4 is 5.32 Å². The lowest BCUT2D eigenvalue weighted by molar-refractivity contribution is -0.138. The first-order valence-electron chi connectivity index (χ1n) is 6.42. The highest BCUT2D eigenvalue weighted by Gasteiger charge is 2.18. The second kappa shape index (κ2) is 7.64. The van der Waals surface area contributed by atoms with Gasteiger partial charge in [-0.1, -0.05) is 19.0 Å². The molecule has 0 radical (unpaired) electrons. The summed E-state index contributed by atoms with van der Waals surface area (Å²) in [6.07, 6.45) is 0. The molecule has 0 atom stereocenters. The summed E-state index contributed by atoms with van der Waals surface area (Å²) < 4.78 is 9.67. The lowest BCUT2D eigenvalue weighted by Crippen LogP contribution is -2.41.